The van der Waals surface area contributed by atoms with Crippen LogP contribution >= 0.6 is 0 Å². The number of aromatic amines is 1. The zero-order chi connectivity index (χ0) is 14.4. The lowest BCUT2D eigenvalue weighted by molar-refractivity contribution is -0.110. The van der Waals surface area contributed by atoms with Gasteiger partial charge in [-0.25, -0.2) is 0 Å². The Labute approximate surface area is 124 Å². The highest BCUT2D eigenvalue weighted by Gasteiger charge is 2.24. The number of amides is 1. The fourth-order valence-electron chi connectivity index (χ4n) is 3.31. The summed E-state index contributed by atoms with van der Waals surface area (Å²) in [5.41, 5.74) is 7.64. The first kappa shape index (κ1) is 12.5. The molecular formula is C18H18N2O. The molecular weight excluding hydrogens is 260 g/mol. The van der Waals surface area contributed by atoms with Crippen molar-refractivity contribution in [2.24, 2.45) is 0 Å². The summed E-state index contributed by atoms with van der Waals surface area (Å²) in [6, 6.07) is 8.27. The number of carbonyl (C=O) groups is 1. The molecule has 0 bridgehead atoms. The molecule has 0 spiro atoms. The van der Waals surface area contributed by atoms with Gasteiger partial charge in [0, 0.05) is 22.6 Å². The van der Waals surface area contributed by atoms with Crippen molar-refractivity contribution in [2.75, 3.05) is 5.32 Å². The van der Waals surface area contributed by atoms with Crippen LogP contribution in [-0.2, 0) is 17.6 Å². The van der Waals surface area contributed by atoms with Crippen molar-refractivity contribution >= 4 is 23.2 Å². The Morgan fingerprint density at radius 3 is 2.86 bits per heavy atom. The van der Waals surface area contributed by atoms with E-state index in [0.29, 0.717) is 0 Å². The van der Waals surface area contributed by atoms with E-state index in [2.05, 4.69) is 22.4 Å². The van der Waals surface area contributed by atoms with Crippen LogP contribution in [0.2, 0.25) is 0 Å². The average Bonchev–Trinajstić information content (AvgIpc) is 3.01. The zero-order valence-electron chi connectivity index (χ0n) is 12.1. The van der Waals surface area contributed by atoms with Gasteiger partial charge in [-0.2, -0.15) is 0 Å². The molecule has 0 radical (unpaired) electrons. The highest BCUT2D eigenvalue weighted by atomic mass is 16.2. The summed E-state index contributed by atoms with van der Waals surface area (Å²) in [4.78, 5) is 15.7. The molecule has 0 saturated carbocycles. The van der Waals surface area contributed by atoms with Crippen molar-refractivity contribution in [3.05, 3.63) is 52.3 Å². The van der Waals surface area contributed by atoms with E-state index in [4.69, 9.17) is 0 Å². The normalized spacial score (nSPS) is 18.5. The Morgan fingerprint density at radius 1 is 1.14 bits per heavy atom. The van der Waals surface area contributed by atoms with Crippen LogP contribution in [0.15, 0.2) is 24.3 Å². The first-order valence-electron chi connectivity index (χ1n) is 7.55. The smallest absolute Gasteiger partial charge is 0.256 e. The number of hydrogen-bond donors (Lipinski definition) is 2. The fourth-order valence-corrected chi connectivity index (χ4v) is 3.31. The van der Waals surface area contributed by atoms with Gasteiger partial charge in [0.05, 0.1) is 5.57 Å². The minimum Gasteiger partial charge on any atom is -0.359 e. The monoisotopic (exact) mass is 278 g/mol. The summed E-state index contributed by atoms with van der Waals surface area (Å²) in [5.74, 6) is -0.0110. The van der Waals surface area contributed by atoms with Gasteiger partial charge in [-0.3, -0.25) is 4.79 Å². The van der Waals surface area contributed by atoms with Gasteiger partial charge < -0.3 is 10.3 Å². The summed E-state index contributed by atoms with van der Waals surface area (Å²) in [7, 11) is 0. The predicted molar refractivity (Wildman–Crippen MR) is 85.1 cm³/mol. The second-order valence-electron chi connectivity index (χ2n) is 6.00. The van der Waals surface area contributed by atoms with E-state index in [-0.39, 0.29) is 5.91 Å². The van der Waals surface area contributed by atoms with E-state index in [0.717, 1.165) is 35.4 Å². The largest absolute Gasteiger partial charge is 0.359 e. The molecule has 2 aromatic rings. The molecule has 3 nitrogen and oxygen atoms in total. The summed E-state index contributed by atoms with van der Waals surface area (Å²) in [6.45, 7) is 2.05. The topological polar surface area (TPSA) is 44.9 Å². The maximum atomic E-state index is 12.2. The molecule has 2 aliphatic rings. The molecule has 1 aromatic heterocycles. The van der Waals surface area contributed by atoms with Crippen molar-refractivity contribution < 1.29 is 4.79 Å². The van der Waals surface area contributed by atoms with Gasteiger partial charge in [-0.1, -0.05) is 11.6 Å². The number of benzene rings is 1. The summed E-state index contributed by atoms with van der Waals surface area (Å²) >= 11 is 0. The molecule has 1 aliphatic heterocycles. The van der Waals surface area contributed by atoms with Crippen LogP contribution in [0, 0.1) is 6.92 Å². The third-order valence-corrected chi connectivity index (χ3v) is 4.39. The molecule has 1 amide bonds. The van der Waals surface area contributed by atoms with Gasteiger partial charge in [-0.15, -0.1) is 0 Å². The van der Waals surface area contributed by atoms with E-state index in [1.165, 1.54) is 29.7 Å². The number of fused-ring (bicyclic) bond motifs is 2. The Hall–Kier alpha value is -2.29. The number of rotatable bonds is 1. The third-order valence-electron chi connectivity index (χ3n) is 4.39. The summed E-state index contributed by atoms with van der Waals surface area (Å²) in [5, 5.41) is 2.94. The van der Waals surface area contributed by atoms with Gasteiger partial charge in [0.2, 0.25) is 0 Å². The average molecular weight is 278 g/mol. The number of hydrogen-bond acceptors (Lipinski definition) is 1. The van der Waals surface area contributed by atoms with Crippen LogP contribution in [-0.4, -0.2) is 10.9 Å². The lowest BCUT2D eigenvalue weighted by atomic mass is 9.98. The van der Waals surface area contributed by atoms with E-state index >= 15 is 0 Å². The number of nitrogens with one attached hydrogen (secondary N) is 2. The Morgan fingerprint density at radius 2 is 2.00 bits per heavy atom. The summed E-state index contributed by atoms with van der Waals surface area (Å²) < 4.78 is 0. The quantitative estimate of drug-likeness (QED) is 0.768. The summed E-state index contributed by atoms with van der Waals surface area (Å²) in [6.07, 6.45) is 6.78. The van der Waals surface area contributed by atoms with Crippen LogP contribution in [0.5, 0.6) is 0 Å². The Balaban J connectivity index is 1.78. The van der Waals surface area contributed by atoms with E-state index in [1.807, 2.05) is 25.1 Å². The number of aromatic nitrogens is 1. The second kappa shape index (κ2) is 4.62. The fraction of sp³-hybridized carbons (Fsp3) is 0.278. The molecule has 0 atom stereocenters. The number of carbonyl (C=O) groups excluding carboxylic acids is 1. The predicted octanol–water partition coefficient (Wildman–Crippen LogP) is 3.69. The number of anilines is 1. The van der Waals surface area contributed by atoms with E-state index in [9.17, 15) is 4.79 Å². The van der Waals surface area contributed by atoms with Crippen LogP contribution < -0.4 is 5.32 Å². The molecule has 0 fully saturated rings. The molecule has 1 aliphatic carbocycles. The van der Waals surface area contributed by atoms with Crippen molar-refractivity contribution in [2.45, 2.75) is 32.6 Å². The van der Waals surface area contributed by atoms with E-state index in [1.54, 1.807) is 0 Å². The van der Waals surface area contributed by atoms with Crippen LogP contribution in [0.4, 0.5) is 5.69 Å². The van der Waals surface area contributed by atoms with Crippen LogP contribution in [0.1, 0.15) is 40.9 Å². The molecule has 4 rings (SSSR count). The minimum atomic E-state index is -0.0110. The van der Waals surface area contributed by atoms with Gasteiger partial charge >= 0.3 is 0 Å². The maximum absolute atomic E-state index is 12.2. The Bertz CT molecular complexity index is 744. The second-order valence-corrected chi connectivity index (χ2v) is 6.00. The molecule has 106 valence electrons. The maximum Gasteiger partial charge on any atom is 0.256 e. The number of H-pyrrole nitrogens is 1. The highest BCUT2D eigenvalue weighted by Crippen LogP contribution is 2.34. The van der Waals surface area contributed by atoms with Crippen molar-refractivity contribution in [3.8, 4) is 0 Å². The van der Waals surface area contributed by atoms with Gasteiger partial charge in [0.15, 0.2) is 0 Å². The molecule has 2 N–H and O–H groups in total. The SMILES string of the molecule is Cc1ccc2c(c1)C(=Cc1cc3c([nH]1)CCCC3)C(=O)N2. The van der Waals surface area contributed by atoms with Crippen LogP contribution in [0.25, 0.3) is 11.6 Å². The van der Waals surface area contributed by atoms with Gasteiger partial charge in [0.1, 0.15) is 0 Å². The highest BCUT2D eigenvalue weighted by molar-refractivity contribution is 6.34. The van der Waals surface area contributed by atoms with E-state index < -0.39 is 0 Å². The first-order chi connectivity index (χ1) is 10.2. The zero-order valence-corrected chi connectivity index (χ0v) is 12.1. The molecule has 0 saturated heterocycles. The molecule has 0 unspecified atom stereocenters. The third kappa shape index (κ3) is 2.09. The first-order valence-corrected chi connectivity index (χ1v) is 7.55. The number of aryl methyl sites for hydroxylation is 3. The minimum absolute atomic E-state index is 0.0110. The van der Waals surface area contributed by atoms with Gasteiger partial charge in [-0.05, 0) is 62.4 Å². The lowest BCUT2D eigenvalue weighted by Gasteiger charge is -2.08. The molecule has 1 aromatic carbocycles. The standard InChI is InChI=1S/C18H18N2O/c1-11-6-7-17-14(8-11)15(18(21)20-17)10-13-9-12-4-2-3-5-16(12)19-13/h6-10,19H,2-5H2,1H3,(H,20,21). The van der Waals surface area contributed by atoms with Crippen LogP contribution in [0.3, 0.4) is 0 Å². The lowest BCUT2D eigenvalue weighted by Crippen LogP contribution is -2.03. The molecule has 21 heavy (non-hydrogen) atoms. The van der Waals surface area contributed by atoms with Crippen molar-refractivity contribution in [1.29, 1.82) is 0 Å². The molecule has 3 heteroatoms. The molecule has 2 heterocycles. The van der Waals surface area contributed by atoms with Crippen molar-refractivity contribution in [3.63, 3.8) is 0 Å². The van der Waals surface area contributed by atoms with Crippen molar-refractivity contribution in [1.82, 2.24) is 4.98 Å². The Kier molecular flexibility index (Phi) is 2.74. The van der Waals surface area contributed by atoms with Gasteiger partial charge in [0.25, 0.3) is 5.91 Å².